The normalized spacial score (nSPS) is 28.4. The lowest BCUT2D eigenvalue weighted by atomic mass is 10.2. The average Bonchev–Trinajstić information content (AvgIpc) is 2.93. The van der Waals surface area contributed by atoms with E-state index in [1.54, 1.807) is 24.3 Å². The van der Waals surface area contributed by atoms with E-state index in [1.165, 1.54) is 0 Å². The number of benzene rings is 1. The van der Waals surface area contributed by atoms with Crippen LogP contribution in [0.5, 0.6) is 0 Å². The Labute approximate surface area is 94.6 Å². The predicted octanol–water partition coefficient (Wildman–Crippen LogP) is 0.762. The summed E-state index contributed by atoms with van der Waals surface area (Å²) in [6, 6.07) is 8.44. The molecule has 1 aromatic rings. The molecule has 84 valence electrons. The van der Waals surface area contributed by atoms with Crippen LogP contribution in [0.15, 0.2) is 29.2 Å². The third-order valence-electron chi connectivity index (χ3n) is 2.87. The molecule has 0 spiro atoms. The Morgan fingerprint density at radius 1 is 1.44 bits per heavy atom. The first-order valence-corrected chi connectivity index (χ1v) is 6.45. The van der Waals surface area contributed by atoms with E-state index in [0.29, 0.717) is 0 Å². The SMILES string of the molecule is Cc1ccc(S(=O)(=O)[C@@H]2C[C@@]2(N)C#N)cc1. The van der Waals surface area contributed by atoms with Gasteiger partial charge in [-0.15, -0.1) is 0 Å². The maximum atomic E-state index is 12.0. The Morgan fingerprint density at radius 3 is 2.44 bits per heavy atom. The topological polar surface area (TPSA) is 83.9 Å². The van der Waals surface area contributed by atoms with E-state index in [2.05, 4.69) is 0 Å². The van der Waals surface area contributed by atoms with Crippen molar-refractivity contribution in [3.63, 3.8) is 0 Å². The standard InChI is InChI=1S/C11H12N2O2S/c1-8-2-4-9(5-3-8)16(14,15)10-6-11(10,13)7-12/h2-5,10H,6,13H2,1H3/t10-,11-/m1/s1. The first-order chi connectivity index (χ1) is 7.40. The van der Waals surface area contributed by atoms with E-state index in [0.717, 1.165) is 5.56 Å². The van der Waals surface area contributed by atoms with Crippen molar-refractivity contribution in [2.75, 3.05) is 0 Å². The number of hydrogen-bond acceptors (Lipinski definition) is 4. The van der Waals surface area contributed by atoms with Crippen LogP contribution in [0.2, 0.25) is 0 Å². The van der Waals surface area contributed by atoms with Crippen LogP contribution < -0.4 is 5.73 Å². The van der Waals surface area contributed by atoms with E-state index in [4.69, 9.17) is 11.0 Å². The largest absolute Gasteiger partial charge is 0.312 e. The highest BCUT2D eigenvalue weighted by Gasteiger charge is 2.60. The minimum Gasteiger partial charge on any atom is -0.312 e. The van der Waals surface area contributed by atoms with Crippen LogP contribution in [0, 0.1) is 18.3 Å². The summed E-state index contributed by atoms with van der Waals surface area (Å²) in [6.07, 6.45) is 0.222. The van der Waals surface area contributed by atoms with Gasteiger partial charge < -0.3 is 5.73 Å². The summed E-state index contributed by atoms with van der Waals surface area (Å²) < 4.78 is 24.1. The molecular formula is C11H12N2O2S. The van der Waals surface area contributed by atoms with E-state index < -0.39 is 20.6 Å². The van der Waals surface area contributed by atoms with Gasteiger partial charge in [-0.25, -0.2) is 8.42 Å². The van der Waals surface area contributed by atoms with Gasteiger partial charge in [-0.1, -0.05) is 17.7 Å². The maximum Gasteiger partial charge on any atom is 0.184 e. The number of nitrogens with zero attached hydrogens (tertiary/aromatic N) is 1. The van der Waals surface area contributed by atoms with E-state index in [-0.39, 0.29) is 11.3 Å². The highest BCUT2D eigenvalue weighted by molar-refractivity contribution is 7.92. The molecule has 0 radical (unpaired) electrons. The van der Waals surface area contributed by atoms with Crippen LogP contribution in [0.4, 0.5) is 0 Å². The Bertz CT molecular complexity index is 557. The minimum atomic E-state index is -3.45. The second kappa shape index (κ2) is 3.30. The zero-order chi connectivity index (χ0) is 12.0. The van der Waals surface area contributed by atoms with Gasteiger partial charge in [0.05, 0.1) is 11.0 Å². The molecule has 0 amide bonds. The van der Waals surface area contributed by atoms with E-state index in [1.807, 2.05) is 13.0 Å². The van der Waals surface area contributed by atoms with Gasteiger partial charge in [0, 0.05) is 0 Å². The van der Waals surface area contributed by atoms with Crippen molar-refractivity contribution in [3.8, 4) is 6.07 Å². The Hall–Kier alpha value is -1.38. The predicted molar refractivity (Wildman–Crippen MR) is 59.3 cm³/mol. The van der Waals surface area contributed by atoms with Gasteiger partial charge in [0.1, 0.15) is 10.8 Å². The first kappa shape index (κ1) is 11.1. The summed E-state index contributed by atoms with van der Waals surface area (Å²) in [5.74, 6) is 0. The first-order valence-electron chi connectivity index (χ1n) is 4.91. The van der Waals surface area contributed by atoms with Gasteiger partial charge in [-0.3, -0.25) is 0 Å². The van der Waals surface area contributed by atoms with Crippen molar-refractivity contribution < 1.29 is 8.42 Å². The average molecular weight is 236 g/mol. The van der Waals surface area contributed by atoms with Gasteiger partial charge in [0.2, 0.25) is 0 Å². The summed E-state index contributed by atoms with van der Waals surface area (Å²) in [7, 11) is -3.45. The van der Waals surface area contributed by atoms with Crippen molar-refractivity contribution in [2.24, 2.45) is 5.73 Å². The molecule has 0 bridgehead atoms. The molecule has 2 atom stereocenters. The van der Waals surface area contributed by atoms with Crippen molar-refractivity contribution in [1.82, 2.24) is 0 Å². The lowest BCUT2D eigenvalue weighted by molar-refractivity contribution is 0.592. The molecule has 1 aliphatic rings. The number of rotatable bonds is 2. The highest BCUT2D eigenvalue weighted by atomic mass is 32.2. The summed E-state index contributed by atoms with van der Waals surface area (Å²) >= 11 is 0. The summed E-state index contributed by atoms with van der Waals surface area (Å²) in [5.41, 5.74) is 5.41. The lowest BCUT2D eigenvalue weighted by Gasteiger charge is -2.05. The molecule has 2 rings (SSSR count). The van der Waals surface area contributed by atoms with Crippen molar-refractivity contribution in [2.45, 2.75) is 29.0 Å². The van der Waals surface area contributed by atoms with Gasteiger partial charge in [-0.2, -0.15) is 5.26 Å². The fourth-order valence-electron chi connectivity index (χ4n) is 1.64. The van der Waals surface area contributed by atoms with Crippen LogP contribution in [-0.2, 0) is 9.84 Å². The Kier molecular flexibility index (Phi) is 2.30. The number of nitrogens with two attached hydrogens (primary N) is 1. The van der Waals surface area contributed by atoms with Crippen LogP contribution in [0.3, 0.4) is 0 Å². The number of sulfone groups is 1. The van der Waals surface area contributed by atoms with Crippen LogP contribution in [0.1, 0.15) is 12.0 Å². The van der Waals surface area contributed by atoms with Gasteiger partial charge in [0.15, 0.2) is 9.84 Å². The second-order valence-corrected chi connectivity index (χ2v) is 6.33. The highest BCUT2D eigenvalue weighted by Crippen LogP contribution is 2.41. The molecule has 1 saturated carbocycles. The lowest BCUT2D eigenvalue weighted by Crippen LogP contribution is -2.28. The van der Waals surface area contributed by atoms with Crippen molar-refractivity contribution >= 4 is 9.84 Å². The molecule has 0 unspecified atom stereocenters. The van der Waals surface area contributed by atoms with E-state index >= 15 is 0 Å². The third-order valence-corrected chi connectivity index (χ3v) is 5.14. The van der Waals surface area contributed by atoms with Crippen LogP contribution >= 0.6 is 0 Å². The molecule has 1 fully saturated rings. The Morgan fingerprint density at radius 2 is 2.00 bits per heavy atom. The van der Waals surface area contributed by atoms with Gasteiger partial charge in [0.25, 0.3) is 0 Å². The molecule has 0 saturated heterocycles. The van der Waals surface area contributed by atoms with E-state index in [9.17, 15) is 8.42 Å². The zero-order valence-electron chi connectivity index (χ0n) is 8.84. The smallest absolute Gasteiger partial charge is 0.184 e. The van der Waals surface area contributed by atoms with Gasteiger partial charge in [-0.05, 0) is 25.5 Å². The maximum absolute atomic E-state index is 12.0. The second-order valence-electron chi connectivity index (χ2n) is 4.20. The monoisotopic (exact) mass is 236 g/mol. The minimum absolute atomic E-state index is 0.222. The number of nitriles is 1. The summed E-state index contributed by atoms with van der Waals surface area (Å²) in [4.78, 5) is 0.241. The molecule has 16 heavy (non-hydrogen) atoms. The summed E-state index contributed by atoms with van der Waals surface area (Å²) in [5, 5.41) is 7.99. The molecular weight excluding hydrogens is 224 g/mol. The third kappa shape index (κ3) is 1.60. The fourth-order valence-corrected chi connectivity index (χ4v) is 3.59. The zero-order valence-corrected chi connectivity index (χ0v) is 9.66. The molecule has 1 aliphatic carbocycles. The van der Waals surface area contributed by atoms with Crippen molar-refractivity contribution in [3.05, 3.63) is 29.8 Å². The van der Waals surface area contributed by atoms with Crippen molar-refractivity contribution in [1.29, 1.82) is 5.26 Å². The molecule has 1 aromatic carbocycles. The molecule has 5 heteroatoms. The molecule has 2 N–H and O–H groups in total. The van der Waals surface area contributed by atoms with Crippen LogP contribution in [0.25, 0.3) is 0 Å². The quantitative estimate of drug-likeness (QED) is 0.821. The van der Waals surface area contributed by atoms with Gasteiger partial charge >= 0.3 is 0 Å². The fraction of sp³-hybridized carbons (Fsp3) is 0.364. The number of aryl methyl sites for hydroxylation is 1. The molecule has 0 aromatic heterocycles. The summed E-state index contributed by atoms with van der Waals surface area (Å²) in [6.45, 7) is 1.88. The molecule has 0 heterocycles. The molecule has 4 nitrogen and oxygen atoms in total. The molecule has 0 aliphatic heterocycles. The Balaban J connectivity index is 2.36. The van der Waals surface area contributed by atoms with Crippen LogP contribution in [-0.4, -0.2) is 19.2 Å². The number of hydrogen-bond donors (Lipinski definition) is 1.